The number of benzene rings is 1. The molecule has 2 bridgehead atoms. The summed E-state index contributed by atoms with van der Waals surface area (Å²) in [4.78, 5) is 38.2. The number of amides is 2. The fourth-order valence-electron chi connectivity index (χ4n) is 4.35. The van der Waals surface area contributed by atoms with Crippen LogP contribution in [-0.2, 0) is 17.8 Å². The van der Waals surface area contributed by atoms with Crippen molar-refractivity contribution < 1.29 is 14.7 Å². The van der Waals surface area contributed by atoms with Gasteiger partial charge in [0.05, 0.1) is 0 Å². The van der Waals surface area contributed by atoms with Crippen LogP contribution in [0.25, 0.3) is 0 Å². The van der Waals surface area contributed by atoms with Crippen LogP contribution in [0.1, 0.15) is 23.6 Å². The number of carbonyl (C=O) groups excluding carboxylic acids is 1. The Morgan fingerprint density at radius 3 is 2.61 bits per heavy atom. The van der Waals surface area contributed by atoms with E-state index < -0.39 is 12.0 Å². The van der Waals surface area contributed by atoms with E-state index in [1.807, 2.05) is 41.0 Å². The molecule has 1 fully saturated rings. The lowest BCUT2D eigenvalue weighted by Gasteiger charge is -2.42. The number of hydrogen-bond donors (Lipinski definition) is 2. The van der Waals surface area contributed by atoms with Crippen LogP contribution in [0.2, 0.25) is 0 Å². The number of aromatic nitrogens is 1. The Kier molecular flexibility index (Phi) is 4.90. The third-order valence-electron chi connectivity index (χ3n) is 5.65. The van der Waals surface area contributed by atoms with Crippen molar-refractivity contribution in [3.05, 3.63) is 70.1 Å². The number of rotatable bonds is 4. The smallest absolute Gasteiger partial charge is 0.326 e. The van der Waals surface area contributed by atoms with E-state index in [1.165, 1.54) is 0 Å². The van der Waals surface area contributed by atoms with Crippen LogP contribution in [0.5, 0.6) is 0 Å². The second-order valence-corrected chi connectivity index (χ2v) is 7.63. The number of piperidine rings is 1. The molecule has 2 aliphatic heterocycles. The molecule has 28 heavy (non-hydrogen) atoms. The van der Waals surface area contributed by atoms with Crippen LogP contribution in [0.4, 0.5) is 4.79 Å². The summed E-state index contributed by atoms with van der Waals surface area (Å²) in [6, 6.07) is 13.2. The normalized spacial score (nSPS) is 21.5. The molecule has 2 N–H and O–H groups in total. The van der Waals surface area contributed by atoms with Crippen molar-refractivity contribution in [3.63, 3.8) is 0 Å². The molecule has 3 atom stereocenters. The lowest BCUT2D eigenvalue weighted by atomic mass is 9.83. The molecule has 2 aromatic rings. The lowest BCUT2D eigenvalue weighted by Crippen LogP contribution is -2.55. The van der Waals surface area contributed by atoms with Gasteiger partial charge in [-0.05, 0) is 24.0 Å². The minimum Gasteiger partial charge on any atom is -0.480 e. The highest BCUT2D eigenvalue weighted by Gasteiger charge is 2.37. The number of nitrogens with one attached hydrogen (secondary N) is 1. The van der Waals surface area contributed by atoms with Crippen LogP contribution in [0.3, 0.4) is 0 Å². The van der Waals surface area contributed by atoms with Crippen LogP contribution < -0.4 is 10.9 Å². The first-order valence-corrected chi connectivity index (χ1v) is 9.53. The number of nitrogens with zero attached hydrogens (tertiary/aromatic N) is 2. The maximum absolute atomic E-state index is 12.8. The van der Waals surface area contributed by atoms with Gasteiger partial charge in [-0.2, -0.15) is 0 Å². The quantitative estimate of drug-likeness (QED) is 0.843. The van der Waals surface area contributed by atoms with E-state index in [9.17, 15) is 19.5 Å². The molecule has 7 heteroatoms. The van der Waals surface area contributed by atoms with Gasteiger partial charge in [0.25, 0.3) is 5.56 Å². The molecule has 0 spiro atoms. The summed E-state index contributed by atoms with van der Waals surface area (Å²) in [7, 11) is 0. The number of likely N-dealkylation sites (tertiary alicyclic amines) is 1. The fourth-order valence-corrected chi connectivity index (χ4v) is 4.35. The number of pyridine rings is 1. The molecule has 0 unspecified atom stereocenters. The van der Waals surface area contributed by atoms with Crippen molar-refractivity contribution in [2.24, 2.45) is 5.92 Å². The van der Waals surface area contributed by atoms with Crippen LogP contribution in [-0.4, -0.2) is 45.7 Å². The highest BCUT2D eigenvalue weighted by molar-refractivity contribution is 5.83. The molecule has 0 saturated carbocycles. The number of aliphatic carboxylic acids is 1. The van der Waals surface area contributed by atoms with Gasteiger partial charge in [0.15, 0.2) is 0 Å². The highest BCUT2D eigenvalue weighted by atomic mass is 16.4. The molecular weight excluding hydrogens is 358 g/mol. The van der Waals surface area contributed by atoms with E-state index in [4.69, 9.17) is 0 Å². The lowest BCUT2D eigenvalue weighted by molar-refractivity contribution is -0.139. The third-order valence-corrected chi connectivity index (χ3v) is 5.65. The number of urea groups is 1. The highest BCUT2D eigenvalue weighted by Crippen LogP contribution is 2.34. The Labute approximate surface area is 162 Å². The summed E-state index contributed by atoms with van der Waals surface area (Å²) in [6.45, 7) is 1.62. The third kappa shape index (κ3) is 3.65. The van der Waals surface area contributed by atoms with Crippen molar-refractivity contribution in [1.29, 1.82) is 0 Å². The van der Waals surface area contributed by atoms with Gasteiger partial charge < -0.3 is 19.9 Å². The number of hydrogen-bond acceptors (Lipinski definition) is 3. The van der Waals surface area contributed by atoms with Gasteiger partial charge in [0, 0.05) is 43.7 Å². The standard InChI is InChI=1S/C21H23N3O4/c25-19-8-4-7-18-16-9-15(12-24(18)19)11-23(13-16)21(28)22-17(20(26)27)10-14-5-2-1-3-6-14/h1-8,15-17H,9-13H2,(H,22,28)(H,26,27)/t15-,16-,17-/m0/s1. The fraction of sp³-hybridized carbons (Fsp3) is 0.381. The predicted molar refractivity (Wildman–Crippen MR) is 103 cm³/mol. The molecule has 1 aromatic carbocycles. The van der Waals surface area contributed by atoms with E-state index in [2.05, 4.69) is 5.32 Å². The Morgan fingerprint density at radius 2 is 1.86 bits per heavy atom. The van der Waals surface area contributed by atoms with E-state index in [0.717, 1.165) is 17.7 Å². The molecule has 7 nitrogen and oxygen atoms in total. The summed E-state index contributed by atoms with van der Waals surface area (Å²) in [5.74, 6) is -0.745. The largest absolute Gasteiger partial charge is 0.480 e. The first kappa shape index (κ1) is 18.3. The Bertz CT molecular complexity index is 940. The molecule has 3 heterocycles. The van der Waals surface area contributed by atoms with Gasteiger partial charge in [-0.15, -0.1) is 0 Å². The van der Waals surface area contributed by atoms with Gasteiger partial charge in [0.1, 0.15) is 6.04 Å². The predicted octanol–water partition coefficient (Wildman–Crippen LogP) is 1.67. The molecule has 146 valence electrons. The molecule has 0 aliphatic carbocycles. The van der Waals surface area contributed by atoms with E-state index in [-0.39, 0.29) is 29.8 Å². The van der Waals surface area contributed by atoms with Gasteiger partial charge in [-0.25, -0.2) is 9.59 Å². The Hall–Kier alpha value is -3.09. The number of carboxylic acid groups (broad SMARTS) is 1. The summed E-state index contributed by atoms with van der Waals surface area (Å²) in [5, 5.41) is 12.2. The monoisotopic (exact) mass is 381 g/mol. The zero-order valence-electron chi connectivity index (χ0n) is 15.5. The maximum atomic E-state index is 12.8. The van der Waals surface area contributed by atoms with Crippen molar-refractivity contribution in [2.75, 3.05) is 13.1 Å². The number of carboxylic acids is 1. The van der Waals surface area contributed by atoms with Gasteiger partial charge in [-0.1, -0.05) is 36.4 Å². The molecule has 4 rings (SSSR count). The van der Waals surface area contributed by atoms with Crippen molar-refractivity contribution >= 4 is 12.0 Å². The van der Waals surface area contributed by atoms with Gasteiger partial charge in [0.2, 0.25) is 0 Å². The van der Waals surface area contributed by atoms with Crippen molar-refractivity contribution in [2.45, 2.75) is 31.3 Å². The minimum absolute atomic E-state index is 0.00101. The molecule has 1 saturated heterocycles. The topological polar surface area (TPSA) is 91.6 Å². The average molecular weight is 381 g/mol. The molecular formula is C21H23N3O4. The first-order chi connectivity index (χ1) is 13.5. The SMILES string of the molecule is O=C(O)[C@H](Cc1ccccc1)NC(=O)N1C[C@@H]2C[C@@H](C1)c1cccc(=O)n1C2. The number of fused-ring (bicyclic) bond motifs is 4. The summed E-state index contributed by atoms with van der Waals surface area (Å²) >= 11 is 0. The first-order valence-electron chi connectivity index (χ1n) is 9.53. The van der Waals surface area contributed by atoms with Gasteiger partial charge >= 0.3 is 12.0 Å². The minimum atomic E-state index is -1.05. The molecule has 1 aromatic heterocycles. The summed E-state index contributed by atoms with van der Waals surface area (Å²) in [5.41, 5.74) is 1.82. The van der Waals surface area contributed by atoms with E-state index >= 15 is 0 Å². The summed E-state index contributed by atoms with van der Waals surface area (Å²) in [6.07, 6.45) is 1.18. The average Bonchev–Trinajstić information content (AvgIpc) is 2.69. The molecule has 0 radical (unpaired) electrons. The Balaban J connectivity index is 1.47. The van der Waals surface area contributed by atoms with Crippen LogP contribution in [0, 0.1) is 5.92 Å². The Morgan fingerprint density at radius 1 is 1.07 bits per heavy atom. The second-order valence-electron chi connectivity index (χ2n) is 7.63. The molecule has 2 amide bonds. The number of carbonyl (C=O) groups is 2. The van der Waals surface area contributed by atoms with Crippen LogP contribution >= 0.6 is 0 Å². The zero-order valence-corrected chi connectivity index (χ0v) is 15.5. The van der Waals surface area contributed by atoms with Crippen molar-refractivity contribution in [1.82, 2.24) is 14.8 Å². The second kappa shape index (κ2) is 7.50. The summed E-state index contributed by atoms with van der Waals surface area (Å²) < 4.78 is 1.81. The van der Waals surface area contributed by atoms with E-state index in [0.29, 0.717) is 19.6 Å². The van der Waals surface area contributed by atoms with Crippen LogP contribution in [0.15, 0.2) is 53.3 Å². The van der Waals surface area contributed by atoms with Crippen molar-refractivity contribution in [3.8, 4) is 0 Å². The molecule has 2 aliphatic rings. The van der Waals surface area contributed by atoms with Gasteiger partial charge in [-0.3, -0.25) is 4.79 Å². The maximum Gasteiger partial charge on any atom is 0.326 e. The zero-order chi connectivity index (χ0) is 19.7. The van der Waals surface area contributed by atoms with E-state index in [1.54, 1.807) is 17.0 Å².